The van der Waals surface area contributed by atoms with Gasteiger partial charge in [0.1, 0.15) is 11.3 Å². The van der Waals surface area contributed by atoms with Crippen LogP contribution in [0.1, 0.15) is 96.2 Å². The fraction of sp³-hybridized carbons (Fsp3) is 0.600. The smallest absolute Gasteiger partial charge is 0.134 e. The molecule has 0 aliphatic carbocycles. The van der Waals surface area contributed by atoms with Crippen LogP contribution in [-0.4, -0.2) is 0 Å². The molecule has 0 fully saturated rings. The third kappa shape index (κ3) is 8.74. The summed E-state index contributed by atoms with van der Waals surface area (Å²) in [5.41, 5.74) is 1.02. The molecule has 2 aromatic rings. The largest absolute Gasteiger partial charge is 0.461 e. The van der Waals surface area contributed by atoms with Gasteiger partial charge in [-0.15, -0.1) is 0 Å². The number of aryl methyl sites for hydroxylation is 1. The third-order valence-corrected chi connectivity index (χ3v) is 5.16. The quantitative estimate of drug-likeness (QED) is 0.230. The highest BCUT2D eigenvalue weighted by Gasteiger charge is 2.02. The number of benzene rings is 1. The lowest BCUT2D eigenvalue weighted by Gasteiger charge is -2.00. The van der Waals surface area contributed by atoms with Crippen molar-refractivity contribution in [2.24, 2.45) is 0 Å². The van der Waals surface area contributed by atoms with Gasteiger partial charge in [0.15, 0.2) is 0 Å². The summed E-state index contributed by atoms with van der Waals surface area (Å²) < 4.78 is 5.88. The van der Waals surface area contributed by atoms with Crippen molar-refractivity contribution in [3.8, 4) is 0 Å². The molecule has 0 unspecified atom stereocenters. The molecular weight excluding hydrogens is 316 g/mol. The molecule has 0 N–H and O–H groups in total. The van der Waals surface area contributed by atoms with Crippen molar-refractivity contribution in [1.82, 2.24) is 0 Å². The third-order valence-electron chi connectivity index (χ3n) is 5.16. The number of allylic oxidation sites excluding steroid dienone is 2. The van der Waals surface area contributed by atoms with Gasteiger partial charge < -0.3 is 4.42 Å². The summed E-state index contributed by atoms with van der Waals surface area (Å²) in [4.78, 5) is 0. The minimum Gasteiger partial charge on any atom is -0.461 e. The zero-order valence-electron chi connectivity index (χ0n) is 16.8. The van der Waals surface area contributed by atoms with Gasteiger partial charge in [-0.25, -0.2) is 0 Å². The van der Waals surface area contributed by atoms with E-state index in [1.165, 1.54) is 88.9 Å². The predicted molar refractivity (Wildman–Crippen MR) is 115 cm³/mol. The molecule has 0 saturated heterocycles. The maximum atomic E-state index is 5.88. The molecule has 2 rings (SSSR count). The van der Waals surface area contributed by atoms with Gasteiger partial charge in [0.2, 0.25) is 0 Å². The molecule has 1 heteroatoms. The number of unbranched alkanes of at least 4 members (excludes halogenated alkanes) is 11. The Morgan fingerprint density at radius 3 is 2.04 bits per heavy atom. The topological polar surface area (TPSA) is 13.1 Å². The van der Waals surface area contributed by atoms with Gasteiger partial charge in [-0.2, -0.15) is 0 Å². The highest BCUT2D eigenvalue weighted by atomic mass is 16.3. The van der Waals surface area contributed by atoms with Crippen molar-refractivity contribution in [1.29, 1.82) is 0 Å². The highest BCUT2D eigenvalue weighted by Crippen LogP contribution is 2.20. The lowest BCUT2D eigenvalue weighted by molar-refractivity contribution is 0.522. The van der Waals surface area contributed by atoms with Gasteiger partial charge in [0.25, 0.3) is 0 Å². The molecule has 1 aromatic carbocycles. The van der Waals surface area contributed by atoms with E-state index < -0.39 is 0 Å². The SMILES string of the molecule is CCCCCCCCC=CCCCCCCCc1cc2ccccc2o1. The molecule has 1 heterocycles. The predicted octanol–water partition coefficient (Wildman–Crippen LogP) is 8.62. The van der Waals surface area contributed by atoms with Crippen LogP contribution in [0.4, 0.5) is 0 Å². The molecule has 144 valence electrons. The van der Waals surface area contributed by atoms with Crippen LogP contribution in [0.3, 0.4) is 0 Å². The Morgan fingerprint density at radius 1 is 0.731 bits per heavy atom. The van der Waals surface area contributed by atoms with E-state index in [-0.39, 0.29) is 0 Å². The van der Waals surface area contributed by atoms with Crippen molar-refractivity contribution in [3.63, 3.8) is 0 Å². The summed E-state index contributed by atoms with van der Waals surface area (Å²) in [5, 5.41) is 1.23. The molecule has 1 nitrogen and oxygen atoms in total. The van der Waals surface area contributed by atoms with Gasteiger partial charge >= 0.3 is 0 Å². The van der Waals surface area contributed by atoms with Gasteiger partial charge in [-0.1, -0.05) is 88.6 Å². The van der Waals surface area contributed by atoms with Crippen LogP contribution in [0.25, 0.3) is 11.0 Å². The van der Waals surface area contributed by atoms with Crippen LogP contribution in [-0.2, 0) is 6.42 Å². The van der Waals surface area contributed by atoms with E-state index in [1.54, 1.807) is 0 Å². The van der Waals surface area contributed by atoms with E-state index in [9.17, 15) is 0 Å². The maximum absolute atomic E-state index is 5.88. The number of fused-ring (bicyclic) bond motifs is 1. The first-order valence-electron chi connectivity index (χ1n) is 11.0. The average Bonchev–Trinajstić information content (AvgIpc) is 3.07. The minimum absolute atomic E-state index is 1.02. The van der Waals surface area contributed by atoms with Crippen molar-refractivity contribution >= 4 is 11.0 Å². The number of hydrogen-bond acceptors (Lipinski definition) is 1. The van der Waals surface area contributed by atoms with Gasteiger partial charge in [0, 0.05) is 11.8 Å². The molecular formula is C25H38O. The summed E-state index contributed by atoms with van der Waals surface area (Å²) in [6, 6.07) is 10.5. The van der Waals surface area contributed by atoms with Crippen LogP contribution in [0, 0.1) is 0 Å². The maximum Gasteiger partial charge on any atom is 0.134 e. The van der Waals surface area contributed by atoms with Crippen LogP contribution in [0.5, 0.6) is 0 Å². The molecule has 0 amide bonds. The first-order valence-corrected chi connectivity index (χ1v) is 11.0. The van der Waals surface area contributed by atoms with Crippen LogP contribution >= 0.6 is 0 Å². The molecule has 0 saturated carbocycles. The Labute approximate surface area is 160 Å². The summed E-state index contributed by atoms with van der Waals surface area (Å²) in [6.07, 6.45) is 23.5. The summed E-state index contributed by atoms with van der Waals surface area (Å²) in [7, 11) is 0. The standard InChI is InChI=1S/C25H38O/c1-2-3-4-5-6-7-8-9-10-11-12-13-14-15-16-20-24-22-23-19-17-18-21-25(23)26-24/h9-10,17-19,21-22H,2-8,11-16,20H2,1H3. The Balaban J connectivity index is 1.38. The average molecular weight is 355 g/mol. The van der Waals surface area contributed by atoms with Crippen LogP contribution < -0.4 is 0 Å². The lowest BCUT2D eigenvalue weighted by atomic mass is 10.1. The molecule has 0 radical (unpaired) electrons. The first-order chi connectivity index (χ1) is 12.9. The van der Waals surface area contributed by atoms with Crippen molar-refractivity contribution in [2.75, 3.05) is 0 Å². The molecule has 0 aliphatic rings. The zero-order valence-corrected chi connectivity index (χ0v) is 16.8. The second kappa shape index (κ2) is 13.7. The lowest BCUT2D eigenvalue weighted by Crippen LogP contribution is -1.83. The molecule has 0 spiro atoms. The molecule has 0 bridgehead atoms. The van der Waals surface area contributed by atoms with E-state index >= 15 is 0 Å². The van der Waals surface area contributed by atoms with E-state index in [0.29, 0.717) is 0 Å². The molecule has 0 atom stereocenters. The van der Waals surface area contributed by atoms with Crippen molar-refractivity contribution < 1.29 is 4.42 Å². The minimum atomic E-state index is 1.02. The summed E-state index contributed by atoms with van der Waals surface area (Å²) in [5.74, 6) is 1.14. The van der Waals surface area contributed by atoms with Crippen molar-refractivity contribution in [3.05, 3.63) is 48.2 Å². The van der Waals surface area contributed by atoms with E-state index in [1.807, 2.05) is 6.07 Å². The number of para-hydroxylation sites is 1. The van der Waals surface area contributed by atoms with E-state index in [4.69, 9.17) is 4.42 Å². The normalized spacial score (nSPS) is 11.7. The highest BCUT2D eigenvalue weighted by molar-refractivity contribution is 5.77. The Hall–Kier alpha value is -1.50. The summed E-state index contributed by atoms with van der Waals surface area (Å²) in [6.45, 7) is 2.28. The molecule has 0 aliphatic heterocycles. The Bertz CT molecular complexity index is 574. The number of furan rings is 1. The fourth-order valence-corrected chi connectivity index (χ4v) is 3.53. The monoisotopic (exact) mass is 354 g/mol. The Kier molecular flexibility index (Phi) is 10.9. The van der Waals surface area contributed by atoms with Gasteiger partial charge in [0.05, 0.1) is 0 Å². The number of rotatable bonds is 15. The second-order valence-corrected chi connectivity index (χ2v) is 7.58. The van der Waals surface area contributed by atoms with Gasteiger partial charge in [-0.05, 0) is 44.2 Å². The van der Waals surface area contributed by atoms with E-state index in [0.717, 1.165) is 17.8 Å². The first kappa shape index (κ1) is 20.8. The second-order valence-electron chi connectivity index (χ2n) is 7.58. The number of hydrogen-bond donors (Lipinski definition) is 0. The van der Waals surface area contributed by atoms with Crippen LogP contribution in [0.2, 0.25) is 0 Å². The summed E-state index contributed by atoms with van der Waals surface area (Å²) >= 11 is 0. The molecule has 26 heavy (non-hydrogen) atoms. The Morgan fingerprint density at radius 2 is 1.35 bits per heavy atom. The zero-order chi connectivity index (χ0) is 18.3. The van der Waals surface area contributed by atoms with E-state index in [2.05, 4.69) is 43.3 Å². The fourth-order valence-electron chi connectivity index (χ4n) is 3.53. The van der Waals surface area contributed by atoms with Crippen LogP contribution in [0.15, 0.2) is 46.9 Å². The van der Waals surface area contributed by atoms with Crippen molar-refractivity contribution in [2.45, 2.75) is 96.8 Å². The van der Waals surface area contributed by atoms with Gasteiger partial charge in [-0.3, -0.25) is 0 Å². The molecule has 1 aromatic heterocycles.